The summed E-state index contributed by atoms with van der Waals surface area (Å²) in [6.07, 6.45) is 0. The van der Waals surface area contributed by atoms with Crippen LogP contribution in [0.3, 0.4) is 0 Å². The van der Waals surface area contributed by atoms with Crippen LogP contribution >= 0.6 is 31.9 Å². The van der Waals surface area contributed by atoms with E-state index in [0.717, 1.165) is 4.47 Å². The van der Waals surface area contributed by atoms with E-state index < -0.39 is 17.9 Å². The third-order valence-electron chi connectivity index (χ3n) is 2.67. The first kappa shape index (κ1) is 15.2. The molecule has 2 atom stereocenters. The summed E-state index contributed by atoms with van der Waals surface area (Å²) in [6, 6.07) is 4.80. The first-order chi connectivity index (χ1) is 8.32. The fourth-order valence-electron chi connectivity index (χ4n) is 1.29. The number of hydrogen-bond acceptors (Lipinski definition) is 2. The number of benzene rings is 1. The van der Waals surface area contributed by atoms with Gasteiger partial charge >= 0.3 is 5.97 Å². The summed E-state index contributed by atoms with van der Waals surface area (Å²) < 4.78 is 1.45. The minimum atomic E-state index is -0.934. The number of halogens is 2. The average Bonchev–Trinajstić information content (AvgIpc) is 2.30. The van der Waals surface area contributed by atoms with Gasteiger partial charge in [-0.1, -0.05) is 15.9 Å². The van der Waals surface area contributed by atoms with Gasteiger partial charge in [0.2, 0.25) is 0 Å². The summed E-state index contributed by atoms with van der Waals surface area (Å²) in [4.78, 5) is 22.8. The lowest BCUT2D eigenvalue weighted by Crippen LogP contribution is -2.40. The fourth-order valence-corrected chi connectivity index (χ4v) is 2.08. The zero-order valence-electron chi connectivity index (χ0n) is 9.91. The Morgan fingerprint density at radius 1 is 1.28 bits per heavy atom. The molecule has 0 heterocycles. The van der Waals surface area contributed by atoms with Gasteiger partial charge in [-0.15, -0.1) is 0 Å². The molecule has 0 aromatic heterocycles. The summed E-state index contributed by atoms with van der Waals surface area (Å²) in [5.41, 5.74) is 0.466. The maximum atomic E-state index is 12.0. The maximum Gasteiger partial charge on any atom is 0.308 e. The van der Waals surface area contributed by atoms with E-state index >= 15 is 0 Å². The highest BCUT2D eigenvalue weighted by Crippen LogP contribution is 2.21. The molecule has 1 amide bonds. The van der Waals surface area contributed by atoms with E-state index in [9.17, 15) is 9.59 Å². The van der Waals surface area contributed by atoms with Gasteiger partial charge < -0.3 is 10.4 Å². The number of amides is 1. The van der Waals surface area contributed by atoms with Crippen LogP contribution in [0, 0.1) is 5.92 Å². The number of carboxylic acid groups (broad SMARTS) is 1. The number of carboxylic acids is 1. The Morgan fingerprint density at radius 2 is 1.89 bits per heavy atom. The number of hydrogen-bond donors (Lipinski definition) is 2. The van der Waals surface area contributed by atoms with Crippen molar-refractivity contribution in [2.24, 2.45) is 5.92 Å². The van der Waals surface area contributed by atoms with Crippen LogP contribution in [0.5, 0.6) is 0 Å². The summed E-state index contributed by atoms with van der Waals surface area (Å²) in [5.74, 6) is -1.88. The zero-order valence-corrected chi connectivity index (χ0v) is 13.1. The molecule has 0 aliphatic rings. The van der Waals surface area contributed by atoms with Crippen LogP contribution in [0.2, 0.25) is 0 Å². The van der Waals surface area contributed by atoms with Crippen LogP contribution < -0.4 is 5.32 Å². The van der Waals surface area contributed by atoms with Gasteiger partial charge in [-0.25, -0.2) is 0 Å². The molecule has 0 aliphatic carbocycles. The molecule has 2 unspecified atom stereocenters. The number of carbonyl (C=O) groups excluding carboxylic acids is 1. The molecule has 0 aliphatic heterocycles. The van der Waals surface area contributed by atoms with Crippen LogP contribution in [-0.4, -0.2) is 23.0 Å². The molecular weight excluding hydrogens is 366 g/mol. The van der Waals surface area contributed by atoms with Crippen molar-refractivity contribution in [2.75, 3.05) is 0 Å². The lowest BCUT2D eigenvalue weighted by atomic mass is 10.0. The van der Waals surface area contributed by atoms with E-state index in [0.29, 0.717) is 10.0 Å². The van der Waals surface area contributed by atoms with E-state index in [-0.39, 0.29) is 5.91 Å². The molecule has 2 N–H and O–H groups in total. The highest BCUT2D eigenvalue weighted by Gasteiger charge is 2.22. The van der Waals surface area contributed by atoms with E-state index in [1.54, 1.807) is 26.0 Å². The van der Waals surface area contributed by atoms with E-state index in [4.69, 9.17) is 5.11 Å². The zero-order chi connectivity index (χ0) is 13.9. The maximum absolute atomic E-state index is 12.0. The number of nitrogens with one attached hydrogen (secondary N) is 1. The molecule has 0 fully saturated rings. The molecule has 6 heteroatoms. The first-order valence-electron chi connectivity index (χ1n) is 5.31. The number of carbonyl (C=O) groups is 2. The Balaban J connectivity index is 2.82. The predicted molar refractivity (Wildman–Crippen MR) is 75.6 cm³/mol. The molecule has 1 rings (SSSR count). The van der Waals surface area contributed by atoms with Crippen molar-refractivity contribution < 1.29 is 14.7 Å². The average molecular weight is 379 g/mol. The number of aliphatic carboxylic acids is 1. The van der Waals surface area contributed by atoms with E-state index in [1.165, 1.54) is 0 Å². The van der Waals surface area contributed by atoms with Gasteiger partial charge in [0.1, 0.15) is 0 Å². The first-order valence-corrected chi connectivity index (χ1v) is 6.90. The van der Waals surface area contributed by atoms with Crippen LogP contribution in [0.25, 0.3) is 0 Å². The predicted octanol–water partition coefficient (Wildman–Crippen LogP) is 3.05. The quantitative estimate of drug-likeness (QED) is 0.846. The SMILES string of the molecule is CC(NC(=O)c1cc(Br)ccc1Br)C(C)C(=O)O. The molecule has 0 saturated carbocycles. The molecule has 0 saturated heterocycles. The molecule has 1 aromatic rings. The van der Waals surface area contributed by atoms with Gasteiger partial charge in [-0.05, 0) is 48.0 Å². The minimum Gasteiger partial charge on any atom is -0.481 e. The van der Waals surface area contributed by atoms with Crippen molar-refractivity contribution in [1.82, 2.24) is 5.32 Å². The second kappa shape index (κ2) is 6.33. The highest BCUT2D eigenvalue weighted by atomic mass is 79.9. The standard InChI is InChI=1S/C12H13Br2NO3/c1-6(12(17)18)7(2)15-11(16)9-5-8(13)3-4-10(9)14/h3-7H,1-2H3,(H,15,16)(H,17,18). The van der Waals surface area contributed by atoms with Gasteiger partial charge in [-0.2, -0.15) is 0 Å². The van der Waals surface area contributed by atoms with Gasteiger partial charge in [0.05, 0.1) is 11.5 Å². The highest BCUT2D eigenvalue weighted by molar-refractivity contribution is 9.11. The fraction of sp³-hybridized carbons (Fsp3) is 0.333. The Morgan fingerprint density at radius 3 is 2.44 bits per heavy atom. The normalized spacial score (nSPS) is 13.8. The lowest BCUT2D eigenvalue weighted by molar-refractivity contribution is -0.141. The van der Waals surface area contributed by atoms with Crippen molar-refractivity contribution in [1.29, 1.82) is 0 Å². The van der Waals surface area contributed by atoms with Crippen LogP contribution in [0.4, 0.5) is 0 Å². The van der Waals surface area contributed by atoms with E-state index in [2.05, 4.69) is 37.2 Å². The molecule has 4 nitrogen and oxygen atoms in total. The van der Waals surface area contributed by atoms with Crippen molar-refractivity contribution in [3.8, 4) is 0 Å². The molecule has 0 spiro atoms. The van der Waals surface area contributed by atoms with Gasteiger partial charge in [-0.3, -0.25) is 9.59 Å². The smallest absolute Gasteiger partial charge is 0.308 e. The molecule has 98 valence electrons. The van der Waals surface area contributed by atoms with E-state index in [1.807, 2.05) is 6.07 Å². The monoisotopic (exact) mass is 377 g/mol. The van der Waals surface area contributed by atoms with Crippen molar-refractivity contribution in [3.05, 3.63) is 32.7 Å². The molecule has 1 aromatic carbocycles. The van der Waals surface area contributed by atoms with Crippen LogP contribution in [-0.2, 0) is 4.79 Å². The van der Waals surface area contributed by atoms with Crippen LogP contribution in [0.1, 0.15) is 24.2 Å². The van der Waals surface area contributed by atoms with Gasteiger partial charge in [0, 0.05) is 15.0 Å². The van der Waals surface area contributed by atoms with Crippen molar-refractivity contribution >= 4 is 43.7 Å². The Hall–Kier alpha value is -0.880. The summed E-state index contributed by atoms with van der Waals surface area (Å²) in [5, 5.41) is 11.5. The number of rotatable bonds is 4. The second-order valence-electron chi connectivity index (χ2n) is 4.01. The third kappa shape index (κ3) is 3.81. The molecular formula is C12H13Br2NO3. The van der Waals surface area contributed by atoms with Crippen LogP contribution in [0.15, 0.2) is 27.1 Å². The summed E-state index contributed by atoms with van der Waals surface area (Å²) in [7, 11) is 0. The second-order valence-corrected chi connectivity index (χ2v) is 5.78. The van der Waals surface area contributed by atoms with Gasteiger partial charge in [0.15, 0.2) is 0 Å². The molecule has 0 bridgehead atoms. The molecule has 18 heavy (non-hydrogen) atoms. The van der Waals surface area contributed by atoms with Gasteiger partial charge in [0.25, 0.3) is 5.91 Å². The Bertz CT molecular complexity index is 476. The largest absolute Gasteiger partial charge is 0.481 e. The Labute approximate surface area is 122 Å². The topological polar surface area (TPSA) is 66.4 Å². The molecule has 0 radical (unpaired) electrons. The third-order valence-corrected chi connectivity index (χ3v) is 3.86. The minimum absolute atomic E-state index is 0.302. The van der Waals surface area contributed by atoms with Crippen molar-refractivity contribution in [2.45, 2.75) is 19.9 Å². The Kier molecular flexibility index (Phi) is 5.34. The lowest BCUT2D eigenvalue weighted by Gasteiger charge is -2.18. The summed E-state index contributed by atoms with van der Waals surface area (Å²) in [6.45, 7) is 3.23. The summed E-state index contributed by atoms with van der Waals surface area (Å²) >= 11 is 6.58. The van der Waals surface area contributed by atoms with Crippen molar-refractivity contribution in [3.63, 3.8) is 0 Å².